The topological polar surface area (TPSA) is 312 Å². The molecule has 0 radical (unpaired) electrons. The van der Waals surface area contributed by atoms with Crippen LogP contribution in [0.2, 0.25) is 0 Å². The first kappa shape index (κ1) is 45.9. The molecule has 3 aromatic rings. The predicted molar refractivity (Wildman–Crippen MR) is 171 cm³/mol. The summed E-state index contributed by atoms with van der Waals surface area (Å²) in [6, 6.07) is 6.74. The van der Waals surface area contributed by atoms with Gasteiger partial charge in [0.2, 0.25) is 29.7 Å². The van der Waals surface area contributed by atoms with E-state index in [1.54, 1.807) is 24.3 Å². The zero-order valence-corrected chi connectivity index (χ0v) is 32.9. The first-order valence-corrected chi connectivity index (χ1v) is 16.5. The van der Waals surface area contributed by atoms with Gasteiger partial charge in [0.25, 0.3) is 5.95 Å². The van der Waals surface area contributed by atoms with Crippen LogP contribution in [0.5, 0.6) is 0 Å². The Kier molecular flexibility index (Phi) is 22.9. The van der Waals surface area contributed by atoms with Crippen LogP contribution in [0.1, 0.15) is 0 Å². The van der Waals surface area contributed by atoms with Crippen molar-refractivity contribution in [2.24, 2.45) is 4.99 Å². The van der Waals surface area contributed by atoms with E-state index in [0.717, 1.165) is 0 Å². The first-order valence-electron chi connectivity index (χ1n) is 14.1. The number of hydrogen-bond donors (Lipinski definition) is 7. The van der Waals surface area contributed by atoms with Gasteiger partial charge < -0.3 is 56.0 Å². The van der Waals surface area contributed by atoms with Gasteiger partial charge in [0.1, 0.15) is 0 Å². The third-order valence-corrected chi connectivity index (χ3v) is 6.86. The second-order valence-corrected chi connectivity index (χ2v) is 11.4. The molecule has 0 amide bonds. The minimum absolute atomic E-state index is 0. The molecule has 26 heteroatoms. The van der Waals surface area contributed by atoms with Gasteiger partial charge in [0.15, 0.2) is 0 Å². The standard InChI is InChI=1S/C24H36N12O10S2.2Na/c37-10-6-35(7-11-38)23-31-19(25-4-14-47-46-45-41)29-21(33-23)27-17-2-1-3-18(16-17)28-22-30-20(26-5-15-48(42,43)44)32-24(34-22)36(8-12-39)9-13-40;;/h1-4,16,37-41H,5-15H2,(H,42,43,44)(H,27,29,31,33)(H2,26,28,30,32,34);;/q;2*+1/p-2/b25-4-;;. The molecule has 0 aliphatic carbocycles. The maximum Gasteiger partial charge on any atom is 1.00 e. The second-order valence-electron chi connectivity index (χ2n) is 9.16. The van der Waals surface area contributed by atoms with Crippen molar-refractivity contribution in [3.8, 4) is 0 Å². The van der Waals surface area contributed by atoms with Crippen molar-refractivity contribution in [2.45, 2.75) is 0 Å². The van der Waals surface area contributed by atoms with Gasteiger partial charge in [-0.3, -0.25) is 5.04 Å². The van der Waals surface area contributed by atoms with Crippen LogP contribution >= 0.6 is 12.0 Å². The summed E-state index contributed by atoms with van der Waals surface area (Å²) in [6.07, 6.45) is 1.37. The SMILES string of the molecule is O=S(=O)([O-])CCNc1nc(Nc2cccc(Nc3nc(/N=C\CSOO[O-])nc(N(CCO)CCO)n3)c2)nc(N(CCO)CCO)n1.[Na+].[Na+]. The van der Waals surface area contributed by atoms with Crippen molar-refractivity contribution >= 4 is 75.4 Å². The predicted octanol–water partition coefficient (Wildman–Crippen LogP) is -8.34. The van der Waals surface area contributed by atoms with Gasteiger partial charge in [0, 0.05) is 62.4 Å². The zero-order valence-electron chi connectivity index (χ0n) is 27.2. The Morgan fingerprint density at radius 1 is 0.820 bits per heavy atom. The number of nitrogens with one attached hydrogen (secondary N) is 3. The summed E-state index contributed by atoms with van der Waals surface area (Å²) < 4.78 is 37.4. The normalized spacial score (nSPS) is 11.1. The molecule has 0 fully saturated rings. The fourth-order valence-corrected chi connectivity index (χ4v) is 4.36. The Labute approximate surface area is 335 Å². The van der Waals surface area contributed by atoms with Gasteiger partial charge in [0.05, 0.1) is 48.1 Å². The number of aliphatic hydroxyl groups excluding tert-OH is 4. The molecule has 2 heterocycles. The van der Waals surface area contributed by atoms with E-state index in [2.05, 4.69) is 60.2 Å². The van der Waals surface area contributed by atoms with Crippen LogP contribution in [0, 0.1) is 0 Å². The van der Waals surface area contributed by atoms with Crippen LogP contribution in [0.3, 0.4) is 0 Å². The monoisotopic (exact) mass is 760 g/mol. The minimum Gasteiger partial charge on any atom is -0.748 e. The molecule has 22 nitrogen and oxygen atoms in total. The maximum atomic E-state index is 11.1. The fraction of sp³-hybridized carbons (Fsp3) is 0.458. The van der Waals surface area contributed by atoms with Crippen molar-refractivity contribution in [2.75, 3.05) is 96.4 Å². The molecular formula is C24H34N12Na2O10S2. The molecule has 1 aromatic carbocycles. The van der Waals surface area contributed by atoms with E-state index < -0.39 is 15.9 Å². The quantitative estimate of drug-likeness (QED) is 0.00898. The Hall–Kier alpha value is -2.11. The average molecular weight is 761 g/mol. The van der Waals surface area contributed by atoms with Crippen LogP contribution < -0.4 is 90.1 Å². The zero-order chi connectivity index (χ0) is 34.8. The molecule has 0 atom stereocenters. The smallest absolute Gasteiger partial charge is 0.748 e. The van der Waals surface area contributed by atoms with E-state index in [-0.39, 0.29) is 160 Å². The number of rotatable bonds is 23. The summed E-state index contributed by atoms with van der Waals surface area (Å²) in [7, 11) is -4.50. The largest absolute Gasteiger partial charge is 1.00 e. The second kappa shape index (κ2) is 25.0. The Balaban J connectivity index is 0.00000625. The molecule has 0 aliphatic rings. The molecule has 7 N–H and O–H groups in total. The number of nitrogens with zero attached hydrogens (tertiary/aromatic N) is 9. The molecule has 0 bridgehead atoms. The van der Waals surface area contributed by atoms with Crippen molar-refractivity contribution in [1.29, 1.82) is 0 Å². The number of benzene rings is 1. The number of aromatic nitrogens is 6. The van der Waals surface area contributed by atoms with Gasteiger partial charge in [-0.05, 0) is 18.2 Å². The van der Waals surface area contributed by atoms with Crippen LogP contribution in [0.4, 0.5) is 47.1 Å². The molecule has 264 valence electrons. The van der Waals surface area contributed by atoms with E-state index in [1.165, 1.54) is 16.0 Å². The van der Waals surface area contributed by atoms with Crippen LogP contribution in [-0.2, 0) is 19.5 Å². The van der Waals surface area contributed by atoms with E-state index in [9.17, 15) is 38.7 Å². The van der Waals surface area contributed by atoms with Crippen LogP contribution in [-0.4, -0.2) is 140 Å². The number of anilines is 7. The van der Waals surface area contributed by atoms with Gasteiger partial charge >= 0.3 is 59.1 Å². The van der Waals surface area contributed by atoms with E-state index in [0.29, 0.717) is 23.4 Å². The van der Waals surface area contributed by atoms with E-state index >= 15 is 0 Å². The van der Waals surface area contributed by atoms with Crippen molar-refractivity contribution in [3.63, 3.8) is 0 Å². The van der Waals surface area contributed by atoms with Crippen molar-refractivity contribution in [3.05, 3.63) is 24.3 Å². The Bertz CT molecular complexity index is 1560. The van der Waals surface area contributed by atoms with Gasteiger partial charge in [-0.1, -0.05) is 6.07 Å². The van der Waals surface area contributed by atoms with E-state index in [4.69, 9.17) is 0 Å². The summed E-state index contributed by atoms with van der Waals surface area (Å²) in [5.41, 5.74) is 0.948. The Morgan fingerprint density at radius 3 is 1.86 bits per heavy atom. The van der Waals surface area contributed by atoms with Crippen molar-refractivity contribution in [1.82, 2.24) is 29.9 Å². The Morgan fingerprint density at radius 2 is 1.34 bits per heavy atom. The molecule has 0 unspecified atom stereocenters. The molecule has 0 aliphatic heterocycles. The van der Waals surface area contributed by atoms with Gasteiger partial charge in [-0.25, -0.2) is 13.4 Å². The third kappa shape index (κ3) is 16.9. The average Bonchev–Trinajstić information content (AvgIpc) is 3.04. The maximum absolute atomic E-state index is 11.1. The molecular weight excluding hydrogens is 726 g/mol. The van der Waals surface area contributed by atoms with E-state index in [1.807, 2.05) is 0 Å². The molecule has 0 saturated carbocycles. The summed E-state index contributed by atoms with van der Waals surface area (Å²) in [6.45, 7) is -0.918. The molecule has 50 heavy (non-hydrogen) atoms. The summed E-state index contributed by atoms with van der Waals surface area (Å²) in [5.74, 6) is -0.435. The summed E-state index contributed by atoms with van der Waals surface area (Å²) >= 11 is 0.687. The number of hydrogen-bond acceptors (Lipinski definition) is 23. The molecule has 3 rings (SSSR count). The van der Waals surface area contributed by atoms with Crippen LogP contribution in [0.15, 0.2) is 29.3 Å². The minimum atomic E-state index is -4.50. The summed E-state index contributed by atoms with van der Waals surface area (Å²) in [4.78, 5) is 32.9. The van der Waals surface area contributed by atoms with Gasteiger partial charge in [-0.2, -0.15) is 34.2 Å². The van der Waals surface area contributed by atoms with Gasteiger partial charge in [-0.15, -0.1) is 0 Å². The number of aliphatic hydroxyl groups is 4. The summed E-state index contributed by atoms with van der Waals surface area (Å²) in [5, 5.41) is 59.9. The number of aliphatic imine (C=N–C) groups is 1. The molecule has 0 saturated heterocycles. The fourth-order valence-electron chi connectivity index (χ4n) is 3.77. The molecule has 0 spiro atoms. The third-order valence-electron chi connectivity index (χ3n) is 5.72. The van der Waals surface area contributed by atoms with Crippen molar-refractivity contribution < 1.29 is 107 Å². The van der Waals surface area contributed by atoms with Crippen LogP contribution in [0.25, 0.3) is 0 Å². The first-order chi connectivity index (χ1) is 23.2. The molecule has 2 aromatic heterocycles.